The van der Waals surface area contributed by atoms with Gasteiger partial charge < -0.3 is 5.32 Å². The Hall–Kier alpha value is -0.0400. The Morgan fingerprint density at radius 3 is 2.15 bits per heavy atom. The van der Waals surface area contributed by atoms with Crippen molar-refractivity contribution in [3.8, 4) is 0 Å². The lowest BCUT2D eigenvalue weighted by Gasteiger charge is -2.02. The smallest absolute Gasteiger partial charge is 0.00682 e. The normalized spacial score (nSPS) is 16.4. The zero-order valence-corrected chi connectivity index (χ0v) is 9.15. The van der Waals surface area contributed by atoms with Crippen LogP contribution in [-0.2, 0) is 0 Å². The highest BCUT2D eigenvalue weighted by atomic mass is 14.9. The Labute approximate surface area is 83.3 Å². The van der Waals surface area contributed by atoms with E-state index in [2.05, 4.69) is 12.2 Å². The van der Waals surface area contributed by atoms with Crippen LogP contribution in [0.25, 0.3) is 0 Å². The van der Waals surface area contributed by atoms with Crippen LogP contribution in [0.15, 0.2) is 0 Å². The van der Waals surface area contributed by atoms with E-state index in [9.17, 15) is 0 Å². The van der Waals surface area contributed by atoms with Gasteiger partial charge in [-0.25, -0.2) is 0 Å². The first-order valence-corrected chi connectivity index (χ1v) is 6.17. The molecule has 13 heavy (non-hydrogen) atoms. The third kappa shape index (κ3) is 7.06. The largest absolute Gasteiger partial charge is 0.314 e. The van der Waals surface area contributed by atoms with E-state index in [1.165, 1.54) is 64.3 Å². The van der Waals surface area contributed by atoms with Gasteiger partial charge in [0.15, 0.2) is 0 Å². The Bertz CT molecular complexity index is 108. The first-order valence-electron chi connectivity index (χ1n) is 6.17. The van der Waals surface area contributed by atoms with Gasteiger partial charge in [0.2, 0.25) is 0 Å². The lowest BCUT2D eigenvalue weighted by molar-refractivity contribution is 0.561. The van der Waals surface area contributed by atoms with Crippen molar-refractivity contribution >= 4 is 0 Å². The molecule has 1 N–H and O–H groups in total. The summed E-state index contributed by atoms with van der Waals surface area (Å²) in [5.74, 6) is 0. The van der Waals surface area contributed by atoms with Gasteiger partial charge in [0, 0.05) is 6.04 Å². The third-order valence-corrected chi connectivity index (χ3v) is 2.79. The minimum absolute atomic E-state index is 0.903. The second-order valence-corrected chi connectivity index (χ2v) is 4.35. The van der Waals surface area contributed by atoms with Gasteiger partial charge in [0.1, 0.15) is 0 Å². The average Bonchev–Trinajstić information content (AvgIpc) is 2.93. The molecule has 0 heterocycles. The Morgan fingerprint density at radius 1 is 0.923 bits per heavy atom. The van der Waals surface area contributed by atoms with Crippen LogP contribution in [0.3, 0.4) is 0 Å². The highest BCUT2D eigenvalue weighted by Gasteiger charge is 2.19. The van der Waals surface area contributed by atoms with E-state index in [4.69, 9.17) is 0 Å². The lowest BCUT2D eigenvalue weighted by atomic mass is 10.1. The molecule has 1 saturated carbocycles. The summed E-state index contributed by atoms with van der Waals surface area (Å²) in [7, 11) is 0. The average molecular weight is 183 g/mol. The molecule has 0 spiro atoms. The number of nitrogens with one attached hydrogen (secondary N) is 1. The van der Waals surface area contributed by atoms with Crippen molar-refractivity contribution in [2.24, 2.45) is 0 Å². The van der Waals surface area contributed by atoms with E-state index in [1.807, 2.05) is 0 Å². The van der Waals surface area contributed by atoms with Crippen molar-refractivity contribution in [3.63, 3.8) is 0 Å². The van der Waals surface area contributed by atoms with Gasteiger partial charge in [-0.1, -0.05) is 45.4 Å². The standard InChI is InChI=1S/C12H25N/c1-2-3-4-5-6-7-8-11-13-12-9-10-12/h12-13H,2-11H2,1H3. The molecule has 1 rings (SSSR count). The summed E-state index contributed by atoms with van der Waals surface area (Å²) in [5.41, 5.74) is 0. The molecule has 0 amide bonds. The van der Waals surface area contributed by atoms with Gasteiger partial charge in [-0.2, -0.15) is 0 Å². The van der Waals surface area contributed by atoms with Crippen molar-refractivity contribution in [3.05, 3.63) is 0 Å². The molecule has 0 aromatic carbocycles. The molecule has 1 fully saturated rings. The van der Waals surface area contributed by atoms with Gasteiger partial charge in [0.25, 0.3) is 0 Å². The summed E-state index contributed by atoms with van der Waals surface area (Å²) >= 11 is 0. The molecular formula is C12H25N. The summed E-state index contributed by atoms with van der Waals surface area (Å²) in [6, 6.07) is 0.903. The van der Waals surface area contributed by atoms with Crippen molar-refractivity contribution < 1.29 is 0 Å². The van der Waals surface area contributed by atoms with Crippen LogP contribution >= 0.6 is 0 Å². The second kappa shape index (κ2) is 7.37. The molecule has 0 aromatic heterocycles. The first-order chi connectivity index (χ1) is 6.43. The van der Waals surface area contributed by atoms with Crippen molar-refractivity contribution in [2.75, 3.05) is 6.54 Å². The maximum Gasteiger partial charge on any atom is 0.00682 e. The molecule has 0 bridgehead atoms. The molecule has 1 aliphatic rings. The molecule has 1 nitrogen and oxygen atoms in total. The number of unbranched alkanes of at least 4 members (excludes halogenated alkanes) is 6. The van der Waals surface area contributed by atoms with E-state index in [1.54, 1.807) is 0 Å². The van der Waals surface area contributed by atoms with Gasteiger partial charge in [0.05, 0.1) is 0 Å². The van der Waals surface area contributed by atoms with E-state index in [-0.39, 0.29) is 0 Å². The molecule has 1 aliphatic carbocycles. The number of rotatable bonds is 9. The van der Waals surface area contributed by atoms with Crippen LogP contribution in [0, 0.1) is 0 Å². The summed E-state index contributed by atoms with van der Waals surface area (Å²) in [6.07, 6.45) is 12.8. The third-order valence-electron chi connectivity index (χ3n) is 2.79. The molecule has 0 radical (unpaired) electrons. The second-order valence-electron chi connectivity index (χ2n) is 4.35. The Kier molecular flexibility index (Phi) is 6.26. The monoisotopic (exact) mass is 183 g/mol. The molecule has 78 valence electrons. The molecule has 0 unspecified atom stereocenters. The zero-order chi connectivity index (χ0) is 9.36. The van der Waals surface area contributed by atoms with E-state index >= 15 is 0 Å². The molecule has 0 saturated heterocycles. The maximum absolute atomic E-state index is 3.56. The molecule has 0 aliphatic heterocycles. The highest BCUT2D eigenvalue weighted by molar-refractivity contribution is 4.80. The fourth-order valence-corrected chi connectivity index (χ4v) is 1.68. The topological polar surface area (TPSA) is 12.0 Å². The Morgan fingerprint density at radius 2 is 1.54 bits per heavy atom. The predicted molar refractivity (Wildman–Crippen MR) is 59.0 cm³/mol. The molecule has 1 heteroatoms. The summed E-state index contributed by atoms with van der Waals surface area (Å²) in [5, 5.41) is 3.56. The minimum atomic E-state index is 0.903. The number of hydrogen-bond donors (Lipinski definition) is 1. The van der Waals surface area contributed by atoms with Crippen LogP contribution in [0.5, 0.6) is 0 Å². The maximum atomic E-state index is 3.56. The Balaban J connectivity index is 1.63. The summed E-state index contributed by atoms with van der Waals surface area (Å²) < 4.78 is 0. The van der Waals surface area contributed by atoms with Crippen LogP contribution in [0.1, 0.15) is 64.7 Å². The first kappa shape index (κ1) is 11.0. The molecular weight excluding hydrogens is 158 g/mol. The fourth-order valence-electron chi connectivity index (χ4n) is 1.68. The predicted octanol–water partition coefficient (Wildman–Crippen LogP) is 3.49. The van der Waals surface area contributed by atoms with E-state index in [0.717, 1.165) is 6.04 Å². The molecule has 0 atom stereocenters. The van der Waals surface area contributed by atoms with Crippen LogP contribution in [0.2, 0.25) is 0 Å². The minimum Gasteiger partial charge on any atom is -0.314 e. The van der Waals surface area contributed by atoms with Gasteiger partial charge in [-0.3, -0.25) is 0 Å². The summed E-state index contributed by atoms with van der Waals surface area (Å²) in [4.78, 5) is 0. The lowest BCUT2D eigenvalue weighted by Crippen LogP contribution is -2.17. The zero-order valence-electron chi connectivity index (χ0n) is 9.15. The van der Waals surface area contributed by atoms with Gasteiger partial charge in [-0.15, -0.1) is 0 Å². The van der Waals surface area contributed by atoms with Gasteiger partial charge in [-0.05, 0) is 25.8 Å². The van der Waals surface area contributed by atoms with Crippen LogP contribution in [0.4, 0.5) is 0 Å². The van der Waals surface area contributed by atoms with Gasteiger partial charge >= 0.3 is 0 Å². The SMILES string of the molecule is CCCCCCCCCNC1CC1. The summed E-state index contributed by atoms with van der Waals surface area (Å²) in [6.45, 7) is 3.54. The van der Waals surface area contributed by atoms with Crippen LogP contribution in [-0.4, -0.2) is 12.6 Å². The highest BCUT2D eigenvalue weighted by Crippen LogP contribution is 2.18. The fraction of sp³-hybridized carbons (Fsp3) is 1.00. The number of hydrogen-bond acceptors (Lipinski definition) is 1. The molecule has 0 aromatic rings. The van der Waals surface area contributed by atoms with E-state index in [0.29, 0.717) is 0 Å². The van der Waals surface area contributed by atoms with Crippen LogP contribution < -0.4 is 5.32 Å². The van der Waals surface area contributed by atoms with Crippen molar-refractivity contribution in [1.82, 2.24) is 5.32 Å². The quantitative estimate of drug-likeness (QED) is 0.540. The van der Waals surface area contributed by atoms with Crippen molar-refractivity contribution in [2.45, 2.75) is 70.8 Å². The van der Waals surface area contributed by atoms with Crippen molar-refractivity contribution in [1.29, 1.82) is 0 Å². The van der Waals surface area contributed by atoms with E-state index < -0.39 is 0 Å².